The third kappa shape index (κ3) is 5.45. The van der Waals surface area contributed by atoms with Gasteiger partial charge in [0.2, 0.25) is 0 Å². The summed E-state index contributed by atoms with van der Waals surface area (Å²) in [4.78, 5) is 16.5. The van der Waals surface area contributed by atoms with Crippen molar-refractivity contribution in [2.45, 2.75) is 39.4 Å². The van der Waals surface area contributed by atoms with Gasteiger partial charge in [0.1, 0.15) is 5.76 Å². The zero-order valence-electron chi connectivity index (χ0n) is 15.7. The Morgan fingerprint density at radius 2 is 1.92 bits per heavy atom. The lowest BCUT2D eigenvalue weighted by Gasteiger charge is -2.29. The van der Waals surface area contributed by atoms with Crippen molar-refractivity contribution >= 4 is 17.4 Å². The summed E-state index contributed by atoms with van der Waals surface area (Å²) >= 11 is 0. The van der Waals surface area contributed by atoms with Gasteiger partial charge in [0.15, 0.2) is 0 Å². The van der Waals surface area contributed by atoms with Crippen LogP contribution in [0.3, 0.4) is 0 Å². The normalized spacial score (nSPS) is 11.2. The number of hydrogen-bond acceptors (Lipinski definition) is 4. The quantitative estimate of drug-likeness (QED) is 0.815. The second-order valence-corrected chi connectivity index (χ2v) is 7.40. The number of nitrogens with one attached hydrogen (secondary N) is 1. The van der Waals surface area contributed by atoms with Gasteiger partial charge in [0, 0.05) is 31.0 Å². The molecule has 0 saturated heterocycles. The lowest BCUT2D eigenvalue weighted by Crippen LogP contribution is -2.48. The van der Waals surface area contributed by atoms with Gasteiger partial charge in [0.25, 0.3) is 0 Å². The number of nitrogens with two attached hydrogens (primary N) is 1. The van der Waals surface area contributed by atoms with Crippen molar-refractivity contribution < 1.29 is 9.21 Å². The van der Waals surface area contributed by atoms with Crippen molar-refractivity contribution in [3.05, 3.63) is 47.9 Å². The predicted molar refractivity (Wildman–Crippen MR) is 101 cm³/mol. The van der Waals surface area contributed by atoms with Crippen LogP contribution >= 0.6 is 0 Å². The highest BCUT2D eigenvalue weighted by Crippen LogP contribution is 2.24. The Hall–Kier alpha value is -2.63. The zero-order valence-corrected chi connectivity index (χ0v) is 15.7. The van der Waals surface area contributed by atoms with Crippen LogP contribution in [0.1, 0.15) is 32.1 Å². The minimum Gasteiger partial charge on any atom is -0.467 e. The Balaban J connectivity index is 2.29. The highest BCUT2D eigenvalue weighted by Gasteiger charge is 2.22. The molecule has 0 fully saturated rings. The maximum absolute atomic E-state index is 12.8. The molecule has 2 rings (SSSR count). The fourth-order valence-electron chi connectivity index (χ4n) is 2.56. The van der Waals surface area contributed by atoms with E-state index >= 15 is 0 Å². The molecule has 2 aromatic rings. The van der Waals surface area contributed by atoms with E-state index in [1.165, 1.54) is 0 Å². The second kappa shape index (κ2) is 7.51. The lowest BCUT2D eigenvalue weighted by molar-refractivity contribution is 0.178. The standard InChI is InChI=1S/C19H28N4O2/c1-19(2,3)21-18(24)23(13-16-7-6-10-25-16)12-14-11-15(20)8-9-17(14)22(4)5/h6-11H,12-13,20H2,1-5H3,(H,21,24). The monoisotopic (exact) mass is 344 g/mol. The summed E-state index contributed by atoms with van der Waals surface area (Å²) in [5.74, 6) is 0.736. The molecule has 6 heteroatoms. The first-order valence-corrected chi connectivity index (χ1v) is 8.31. The van der Waals surface area contributed by atoms with Gasteiger partial charge >= 0.3 is 6.03 Å². The van der Waals surface area contributed by atoms with E-state index < -0.39 is 0 Å². The third-order valence-corrected chi connectivity index (χ3v) is 3.64. The van der Waals surface area contributed by atoms with Crippen molar-refractivity contribution in [2.24, 2.45) is 0 Å². The van der Waals surface area contributed by atoms with Crippen LogP contribution in [0.5, 0.6) is 0 Å². The van der Waals surface area contributed by atoms with Crippen molar-refractivity contribution in [1.82, 2.24) is 10.2 Å². The third-order valence-electron chi connectivity index (χ3n) is 3.64. The number of amides is 2. The van der Waals surface area contributed by atoms with Gasteiger partial charge in [-0.15, -0.1) is 0 Å². The number of benzene rings is 1. The first-order chi connectivity index (χ1) is 11.7. The number of hydrogen-bond donors (Lipinski definition) is 2. The molecule has 25 heavy (non-hydrogen) atoms. The number of anilines is 2. The average molecular weight is 344 g/mol. The van der Waals surface area contributed by atoms with E-state index in [0.29, 0.717) is 18.8 Å². The van der Waals surface area contributed by atoms with E-state index in [1.54, 1.807) is 11.2 Å². The van der Waals surface area contributed by atoms with E-state index in [-0.39, 0.29) is 11.6 Å². The molecular formula is C19H28N4O2. The van der Waals surface area contributed by atoms with Crippen LogP contribution in [0, 0.1) is 0 Å². The van der Waals surface area contributed by atoms with Crippen LogP contribution in [0.15, 0.2) is 41.0 Å². The molecule has 136 valence electrons. The van der Waals surface area contributed by atoms with Gasteiger partial charge in [0.05, 0.1) is 19.4 Å². The molecule has 0 unspecified atom stereocenters. The fraction of sp³-hybridized carbons (Fsp3) is 0.421. The Morgan fingerprint density at radius 3 is 2.48 bits per heavy atom. The lowest BCUT2D eigenvalue weighted by atomic mass is 10.1. The number of nitrogen functional groups attached to an aromatic ring is 1. The summed E-state index contributed by atoms with van der Waals surface area (Å²) in [5, 5.41) is 3.02. The molecule has 0 bridgehead atoms. The van der Waals surface area contributed by atoms with Crippen LogP contribution in [0.2, 0.25) is 0 Å². The van der Waals surface area contributed by atoms with Gasteiger partial charge in [-0.25, -0.2) is 4.79 Å². The molecule has 0 aliphatic carbocycles. The van der Waals surface area contributed by atoms with Crippen LogP contribution in [-0.2, 0) is 13.1 Å². The van der Waals surface area contributed by atoms with Gasteiger partial charge in [-0.1, -0.05) is 0 Å². The molecule has 1 aromatic heterocycles. The minimum atomic E-state index is -0.321. The summed E-state index contributed by atoms with van der Waals surface area (Å²) in [6.45, 7) is 6.70. The van der Waals surface area contributed by atoms with Crippen molar-refractivity contribution in [1.29, 1.82) is 0 Å². The summed E-state index contributed by atoms with van der Waals surface area (Å²) < 4.78 is 5.43. The first-order valence-electron chi connectivity index (χ1n) is 8.31. The number of nitrogens with zero attached hydrogens (tertiary/aromatic N) is 2. The Labute approximate surface area is 149 Å². The molecule has 1 heterocycles. The van der Waals surface area contributed by atoms with E-state index in [0.717, 1.165) is 17.0 Å². The van der Waals surface area contributed by atoms with E-state index in [4.69, 9.17) is 10.2 Å². The van der Waals surface area contributed by atoms with Gasteiger partial charge in [-0.2, -0.15) is 0 Å². The van der Waals surface area contributed by atoms with Crippen molar-refractivity contribution in [2.75, 3.05) is 24.7 Å². The predicted octanol–water partition coefficient (Wildman–Crippen LogP) is 3.44. The maximum atomic E-state index is 12.8. The molecule has 6 nitrogen and oxygen atoms in total. The number of rotatable bonds is 5. The molecule has 0 radical (unpaired) electrons. The van der Waals surface area contributed by atoms with E-state index in [1.807, 2.05) is 70.1 Å². The molecule has 0 aliphatic heterocycles. The molecule has 0 spiro atoms. The zero-order chi connectivity index (χ0) is 18.6. The molecule has 0 aliphatic rings. The van der Waals surface area contributed by atoms with Crippen molar-refractivity contribution in [3.63, 3.8) is 0 Å². The fourth-order valence-corrected chi connectivity index (χ4v) is 2.56. The molecule has 3 N–H and O–H groups in total. The summed E-state index contributed by atoms with van der Waals surface area (Å²) in [7, 11) is 3.95. The molecule has 2 amide bonds. The molecule has 0 atom stereocenters. The number of furan rings is 1. The number of urea groups is 1. The number of carbonyl (C=O) groups is 1. The molecule has 0 saturated carbocycles. The van der Waals surface area contributed by atoms with E-state index in [9.17, 15) is 4.79 Å². The van der Waals surface area contributed by atoms with Gasteiger partial charge < -0.3 is 25.3 Å². The smallest absolute Gasteiger partial charge is 0.318 e. The van der Waals surface area contributed by atoms with Gasteiger partial charge in [-0.3, -0.25) is 0 Å². The van der Waals surface area contributed by atoms with Crippen molar-refractivity contribution in [3.8, 4) is 0 Å². The van der Waals surface area contributed by atoms with Crippen LogP contribution in [0.4, 0.5) is 16.2 Å². The minimum absolute atomic E-state index is 0.143. The average Bonchev–Trinajstić information content (AvgIpc) is 2.97. The highest BCUT2D eigenvalue weighted by atomic mass is 16.3. The van der Waals surface area contributed by atoms with Gasteiger partial charge in [-0.05, 0) is 56.7 Å². The highest BCUT2D eigenvalue weighted by molar-refractivity contribution is 5.75. The number of carbonyl (C=O) groups excluding carboxylic acids is 1. The largest absolute Gasteiger partial charge is 0.467 e. The second-order valence-electron chi connectivity index (χ2n) is 7.40. The summed E-state index contributed by atoms with van der Waals surface area (Å²) in [5.41, 5.74) is 8.33. The maximum Gasteiger partial charge on any atom is 0.318 e. The van der Waals surface area contributed by atoms with Crippen LogP contribution in [0.25, 0.3) is 0 Å². The molecular weight excluding hydrogens is 316 g/mol. The first kappa shape index (κ1) is 18.7. The Kier molecular flexibility index (Phi) is 5.62. The van der Waals surface area contributed by atoms with Crippen LogP contribution < -0.4 is 16.0 Å². The molecule has 1 aromatic carbocycles. The van der Waals surface area contributed by atoms with Crippen LogP contribution in [-0.4, -0.2) is 30.6 Å². The Bertz CT molecular complexity index is 703. The Morgan fingerprint density at radius 1 is 1.20 bits per heavy atom. The topological polar surface area (TPSA) is 74.7 Å². The summed E-state index contributed by atoms with van der Waals surface area (Å²) in [6.07, 6.45) is 1.61. The van der Waals surface area contributed by atoms with E-state index in [2.05, 4.69) is 5.32 Å². The summed E-state index contributed by atoms with van der Waals surface area (Å²) in [6, 6.07) is 9.29. The SMILES string of the molecule is CN(C)c1ccc(N)cc1CN(Cc1ccco1)C(=O)NC(C)(C)C.